The molecule has 4 heteroatoms. The predicted molar refractivity (Wildman–Crippen MR) is 63.6 cm³/mol. The summed E-state index contributed by atoms with van der Waals surface area (Å²) in [5, 5.41) is 0. The van der Waals surface area contributed by atoms with Gasteiger partial charge < -0.3 is 15.5 Å². The fourth-order valence-electron chi connectivity index (χ4n) is 1.21. The van der Waals surface area contributed by atoms with Crippen LogP contribution in [-0.4, -0.2) is 56.0 Å². The highest BCUT2D eigenvalue weighted by atomic mass is 16.2. The van der Waals surface area contributed by atoms with Crippen LogP contribution in [0.3, 0.4) is 0 Å². The molecule has 0 bridgehead atoms. The maximum atomic E-state index is 11.8. The third-order valence-corrected chi connectivity index (χ3v) is 2.80. The van der Waals surface area contributed by atoms with Crippen LogP contribution in [0.1, 0.15) is 20.3 Å². The van der Waals surface area contributed by atoms with Crippen molar-refractivity contribution in [1.82, 2.24) is 9.80 Å². The van der Waals surface area contributed by atoms with Crippen LogP contribution in [0.5, 0.6) is 0 Å². The predicted octanol–water partition coefficient (Wildman–Crippen LogP) is 0.380. The lowest BCUT2D eigenvalue weighted by Crippen LogP contribution is -2.47. The summed E-state index contributed by atoms with van der Waals surface area (Å²) < 4.78 is 0. The molecule has 0 saturated carbocycles. The Morgan fingerprint density at radius 1 is 1.27 bits per heavy atom. The highest BCUT2D eigenvalue weighted by Crippen LogP contribution is 2.07. The Morgan fingerprint density at radius 2 is 1.80 bits per heavy atom. The number of likely N-dealkylation sites (N-methyl/N-ethyl adjacent to an activating group) is 2. The Bertz CT molecular complexity index is 194. The second kappa shape index (κ2) is 6.80. The highest BCUT2D eigenvalue weighted by Gasteiger charge is 2.22. The van der Waals surface area contributed by atoms with Crippen LogP contribution in [0.15, 0.2) is 0 Å². The minimum Gasteiger partial charge on any atom is -0.343 e. The molecule has 0 rings (SSSR count). The zero-order chi connectivity index (χ0) is 12.0. The van der Waals surface area contributed by atoms with Gasteiger partial charge in [-0.1, -0.05) is 20.3 Å². The van der Waals surface area contributed by atoms with E-state index < -0.39 is 0 Å². The van der Waals surface area contributed by atoms with E-state index in [0.29, 0.717) is 0 Å². The molecule has 0 aromatic carbocycles. The number of nitrogens with zero attached hydrogens (tertiary/aromatic N) is 2. The molecule has 0 heterocycles. The average Bonchev–Trinajstić information content (AvgIpc) is 2.22. The van der Waals surface area contributed by atoms with Crippen LogP contribution in [0, 0.1) is 5.92 Å². The molecular formula is C11H25N3O. The van der Waals surface area contributed by atoms with Gasteiger partial charge in [-0.3, -0.25) is 4.79 Å². The molecule has 0 aliphatic rings. The summed E-state index contributed by atoms with van der Waals surface area (Å²) in [5.74, 6) is 0.297. The fourth-order valence-corrected chi connectivity index (χ4v) is 1.21. The number of carbonyl (C=O) groups excluding carboxylic acids is 1. The van der Waals surface area contributed by atoms with E-state index in [1.807, 2.05) is 28.1 Å². The van der Waals surface area contributed by atoms with Crippen LogP contribution < -0.4 is 5.73 Å². The lowest BCUT2D eigenvalue weighted by molar-refractivity contribution is -0.132. The van der Waals surface area contributed by atoms with Crippen molar-refractivity contribution in [2.45, 2.75) is 26.3 Å². The van der Waals surface area contributed by atoms with Crippen molar-refractivity contribution in [3.05, 3.63) is 0 Å². The molecule has 2 N–H and O–H groups in total. The van der Waals surface area contributed by atoms with Gasteiger partial charge >= 0.3 is 0 Å². The summed E-state index contributed by atoms with van der Waals surface area (Å²) in [7, 11) is 5.80. The smallest absolute Gasteiger partial charge is 0.239 e. The molecule has 90 valence electrons. The molecule has 0 saturated heterocycles. The van der Waals surface area contributed by atoms with Gasteiger partial charge in [0, 0.05) is 20.1 Å². The number of hydrogen-bond donors (Lipinski definition) is 1. The molecule has 0 aromatic heterocycles. The first-order chi connectivity index (χ1) is 6.90. The quantitative estimate of drug-likeness (QED) is 0.697. The van der Waals surface area contributed by atoms with Crippen molar-refractivity contribution < 1.29 is 4.79 Å². The molecule has 0 aliphatic carbocycles. The molecule has 2 atom stereocenters. The molecule has 4 nitrogen and oxygen atoms in total. The summed E-state index contributed by atoms with van der Waals surface area (Å²) in [4.78, 5) is 15.6. The van der Waals surface area contributed by atoms with Crippen molar-refractivity contribution in [3.63, 3.8) is 0 Å². The number of rotatable bonds is 6. The van der Waals surface area contributed by atoms with E-state index in [1.165, 1.54) is 0 Å². The molecule has 15 heavy (non-hydrogen) atoms. The third kappa shape index (κ3) is 5.14. The Labute approximate surface area is 93.4 Å². The van der Waals surface area contributed by atoms with Crippen molar-refractivity contribution >= 4 is 5.91 Å². The second-order valence-corrected chi connectivity index (χ2v) is 4.47. The highest BCUT2D eigenvalue weighted by molar-refractivity contribution is 5.81. The molecule has 0 spiro atoms. The summed E-state index contributed by atoms with van der Waals surface area (Å²) in [5.41, 5.74) is 5.87. The Balaban J connectivity index is 4.07. The van der Waals surface area contributed by atoms with Gasteiger partial charge in [0.1, 0.15) is 0 Å². The van der Waals surface area contributed by atoms with Gasteiger partial charge in [0.05, 0.1) is 6.04 Å². The van der Waals surface area contributed by atoms with Gasteiger partial charge in [0.15, 0.2) is 0 Å². The Kier molecular flexibility index (Phi) is 6.52. The SMILES string of the molecule is CCC(C)C(N)C(=O)N(C)CCN(C)C. The maximum absolute atomic E-state index is 11.8. The molecule has 1 amide bonds. The number of amides is 1. The van der Waals surface area contributed by atoms with Crippen LogP contribution in [0.25, 0.3) is 0 Å². The molecular weight excluding hydrogens is 190 g/mol. The summed E-state index contributed by atoms with van der Waals surface area (Å²) in [6.07, 6.45) is 0.939. The van der Waals surface area contributed by atoms with Crippen molar-refractivity contribution in [2.24, 2.45) is 11.7 Å². The molecule has 2 unspecified atom stereocenters. The third-order valence-electron chi connectivity index (χ3n) is 2.80. The van der Waals surface area contributed by atoms with E-state index in [0.717, 1.165) is 19.5 Å². The second-order valence-electron chi connectivity index (χ2n) is 4.47. The molecule has 0 radical (unpaired) electrons. The molecule has 0 fully saturated rings. The number of carbonyl (C=O) groups is 1. The Hall–Kier alpha value is -0.610. The lowest BCUT2D eigenvalue weighted by Gasteiger charge is -2.25. The van der Waals surface area contributed by atoms with E-state index in [1.54, 1.807) is 4.90 Å². The van der Waals surface area contributed by atoms with Crippen LogP contribution in [0.2, 0.25) is 0 Å². The first kappa shape index (κ1) is 14.4. The van der Waals surface area contributed by atoms with Gasteiger partial charge in [0.25, 0.3) is 0 Å². The normalized spacial score (nSPS) is 15.1. The Morgan fingerprint density at radius 3 is 2.20 bits per heavy atom. The summed E-state index contributed by atoms with van der Waals surface area (Å²) in [6.45, 7) is 5.67. The van der Waals surface area contributed by atoms with Crippen LogP contribution >= 0.6 is 0 Å². The monoisotopic (exact) mass is 215 g/mol. The van der Waals surface area contributed by atoms with Gasteiger partial charge in [-0.2, -0.15) is 0 Å². The fraction of sp³-hybridized carbons (Fsp3) is 0.909. The van der Waals surface area contributed by atoms with Crippen LogP contribution in [-0.2, 0) is 4.79 Å². The van der Waals surface area contributed by atoms with Gasteiger partial charge in [-0.15, -0.1) is 0 Å². The zero-order valence-corrected chi connectivity index (χ0v) is 10.7. The largest absolute Gasteiger partial charge is 0.343 e. The first-order valence-electron chi connectivity index (χ1n) is 5.55. The van der Waals surface area contributed by atoms with Crippen molar-refractivity contribution in [3.8, 4) is 0 Å². The number of nitrogens with two attached hydrogens (primary N) is 1. The minimum atomic E-state index is -0.359. The minimum absolute atomic E-state index is 0.0474. The van der Waals surface area contributed by atoms with Gasteiger partial charge in [0.2, 0.25) is 5.91 Å². The summed E-state index contributed by atoms with van der Waals surface area (Å²) in [6, 6.07) is -0.359. The topological polar surface area (TPSA) is 49.6 Å². The maximum Gasteiger partial charge on any atom is 0.239 e. The standard InChI is InChI=1S/C11H25N3O/c1-6-9(2)10(12)11(15)14(5)8-7-13(3)4/h9-10H,6-8,12H2,1-5H3. The van der Waals surface area contributed by atoms with E-state index in [2.05, 4.69) is 11.8 Å². The first-order valence-corrected chi connectivity index (χ1v) is 5.55. The van der Waals surface area contributed by atoms with E-state index >= 15 is 0 Å². The van der Waals surface area contributed by atoms with Gasteiger partial charge in [-0.05, 0) is 20.0 Å². The van der Waals surface area contributed by atoms with Crippen LogP contribution in [0.4, 0.5) is 0 Å². The molecule has 0 aromatic rings. The van der Waals surface area contributed by atoms with E-state index in [-0.39, 0.29) is 17.9 Å². The average molecular weight is 215 g/mol. The van der Waals surface area contributed by atoms with Gasteiger partial charge in [-0.25, -0.2) is 0 Å². The lowest BCUT2D eigenvalue weighted by atomic mass is 9.99. The zero-order valence-electron chi connectivity index (χ0n) is 10.7. The van der Waals surface area contributed by atoms with E-state index in [4.69, 9.17) is 5.73 Å². The van der Waals surface area contributed by atoms with E-state index in [9.17, 15) is 4.79 Å². The van der Waals surface area contributed by atoms with Crippen molar-refractivity contribution in [1.29, 1.82) is 0 Å². The molecule has 0 aliphatic heterocycles. The number of hydrogen-bond acceptors (Lipinski definition) is 3. The summed E-state index contributed by atoms with van der Waals surface area (Å²) >= 11 is 0. The van der Waals surface area contributed by atoms with Crippen molar-refractivity contribution in [2.75, 3.05) is 34.2 Å².